The van der Waals surface area contributed by atoms with Gasteiger partial charge in [0.1, 0.15) is 5.82 Å². The Morgan fingerprint density at radius 2 is 1.92 bits per heavy atom. The molecule has 5 heteroatoms. The molecule has 0 saturated carbocycles. The maximum Gasteiger partial charge on any atom is 0.224 e. The third-order valence-electron chi connectivity index (χ3n) is 4.29. The Kier molecular flexibility index (Phi) is 5.88. The van der Waals surface area contributed by atoms with Crippen molar-refractivity contribution in [3.63, 3.8) is 0 Å². The molecule has 2 heterocycles. The van der Waals surface area contributed by atoms with E-state index in [-0.39, 0.29) is 0 Å². The summed E-state index contributed by atoms with van der Waals surface area (Å²) in [4.78, 5) is 12.4. The lowest BCUT2D eigenvalue weighted by Crippen LogP contribution is -2.11. The van der Waals surface area contributed by atoms with Gasteiger partial charge in [-0.2, -0.15) is 4.98 Å². The molecule has 2 aromatic heterocycles. The van der Waals surface area contributed by atoms with Crippen molar-refractivity contribution in [3.8, 4) is 0 Å². The third-order valence-corrected chi connectivity index (χ3v) is 4.29. The van der Waals surface area contributed by atoms with Gasteiger partial charge in [-0.05, 0) is 31.4 Å². The Morgan fingerprint density at radius 3 is 2.80 bits per heavy atom. The first-order valence-corrected chi connectivity index (χ1v) is 9.14. The fourth-order valence-electron chi connectivity index (χ4n) is 2.98. The van der Waals surface area contributed by atoms with Gasteiger partial charge in [0.2, 0.25) is 5.95 Å². The van der Waals surface area contributed by atoms with E-state index in [1.807, 2.05) is 13.0 Å². The van der Waals surface area contributed by atoms with E-state index in [1.54, 1.807) is 0 Å². The van der Waals surface area contributed by atoms with Crippen LogP contribution in [0.3, 0.4) is 0 Å². The number of benzene rings is 1. The number of nitrogens with zero attached hydrogens (tertiary/aromatic N) is 2. The van der Waals surface area contributed by atoms with E-state index in [0.29, 0.717) is 5.95 Å². The minimum atomic E-state index is 0.692. The molecule has 0 spiro atoms. The van der Waals surface area contributed by atoms with Crippen LogP contribution in [0.4, 0.5) is 11.8 Å². The van der Waals surface area contributed by atoms with Crippen LogP contribution in [0.25, 0.3) is 10.9 Å². The van der Waals surface area contributed by atoms with Gasteiger partial charge < -0.3 is 15.6 Å². The zero-order chi connectivity index (χ0) is 17.5. The number of aromatic nitrogens is 3. The van der Waals surface area contributed by atoms with Crippen LogP contribution >= 0.6 is 0 Å². The zero-order valence-electron chi connectivity index (χ0n) is 15.1. The molecule has 3 aromatic rings. The lowest BCUT2D eigenvalue weighted by atomic mass is 10.1. The summed E-state index contributed by atoms with van der Waals surface area (Å²) < 4.78 is 0. The van der Waals surface area contributed by atoms with Crippen LogP contribution in [0.5, 0.6) is 0 Å². The average molecular weight is 337 g/mol. The molecule has 0 radical (unpaired) electrons. The second kappa shape index (κ2) is 8.51. The average Bonchev–Trinajstić information content (AvgIpc) is 3.02. The Morgan fingerprint density at radius 1 is 1.04 bits per heavy atom. The van der Waals surface area contributed by atoms with Gasteiger partial charge in [-0.1, -0.05) is 38.0 Å². The minimum absolute atomic E-state index is 0.692. The summed E-state index contributed by atoms with van der Waals surface area (Å²) in [5.74, 6) is 1.59. The van der Waals surface area contributed by atoms with Crippen molar-refractivity contribution < 1.29 is 0 Å². The van der Waals surface area contributed by atoms with E-state index >= 15 is 0 Å². The van der Waals surface area contributed by atoms with Crippen LogP contribution in [-0.4, -0.2) is 28.0 Å². The summed E-state index contributed by atoms with van der Waals surface area (Å²) in [5, 5.41) is 8.03. The molecule has 0 aliphatic rings. The van der Waals surface area contributed by atoms with Crippen molar-refractivity contribution in [1.82, 2.24) is 15.0 Å². The lowest BCUT2D eigenvalue weighted by Gasteiger charge is -2.09. The quantitative estimate of drug-likeness (QED) is 0.502. The van der Waals surface area contributed by atoms with Crippen LogP contribution in [0.1, 0.15) is 37.4 Å². The molecule has 0 unspecified atom stereocenters. The topological polar surface area (TPSA) is 65.6 Å². The third kappa shape index (κ3) is 4.72. The summed E-state index contributed by atoms with van der Waals surface area (Å²) in [7, 11) is 0. The van der Waals surface area contributed by atoms with Crippen molar-refractivity contribution >= 4 is 22.7 Å². The molecule has 25 heavy (non-hydrogen) atoms. The van der Waals surface area contributed by atoms with E-state index < -0.39 is 0 Å². The van der Waals surface area contributed by atoms with Crippen molar-refractivity contribution in [2.75, 3.05) is 23.7 Å². The Balaban J connectivity index is 1.56. The fourth-order valence-corrected chi connectivity index (χ4v) is 2.98. The van der Waals surface area contributed by atoms with Crippen molar-refractivity contribution in [3.05, 3.63) is 47.8 Å². The van der Waals surface area contributed by atoms with Gasteiger partial charge in [-0.15, -0.1) is 0 Å². The number of hydrogen-bond donors (Lipinski definition) is 3. The number of hydrogen-bond acceptors (Lipinski definition) is 4. The molecule has 3 rings (SSSR count). The van der Waals surface area contributed by atoms with Gasteiger partial charge in [0.05, 0.1) is 0 Å². The SMILES string of the molecule is CCCCCNc1cc(C)nc(NCCc2c[nH]c3ccccc23)n1. The molecule has 1 aromatic carbocycles. The van der Waals surface area contributed by atoms with Crippen LogP contribution in [0.15, 0.2) is 36.5 Å². The molecule has 0 aliphatic heterocycles. The number of para-hydroxylation sites is 1. The molecule has 0 saturated heterocycles. The molecular weight excluding hydrogens is 310 g/mol. The summed E-state index contributed by atoms with van der Waals surface area (Å²) in [6.07, 6.45) is 6.66. The first-order valence-electron chi connectivity index (χ1n) is 9.14. The Hall–Kier alpha value is -2.56. The highest BCUT2D eigenvalue weighted by atomic mass is 15.1. The fraction of sp³-hybridized carbons (Fsp3) is 0.400. The molecule has 0 bridgehead atoms. The number of aryl methyl sites for hydroxylation is 1. The monoisotopic (exact) mass is 337 g/mol. The highest BCUT2D eigenvalue weighted by Gasteiger charge is 2.05. The second-order valence-corrected chi connectivity index (χ2v) is 6.39. The van der Waals surface area contributed by atoms with E-state index in [9.17, 15) is 0 Å². The number of fused-ring (bicyclic) bond motifs is 1. The molecule has 0 amide bonds. The summed E-state index contributed by atoms with van der Waals surface area (Å²) in [6.45, 7) is 5.98. The summed E-state index contributed by atoms with van der Waals surface area (Å²) >= 11 is 0. The number of rotatable bonds is 9. The molecule has 0 aliphatic carbocycles. The highest BCUT2D eigenvalue weighted by molar-refractivity contribution is 5.83. The Labute approximate surface area is 149 Å². The summed E-state index contributed by atoms with van der Waals surface area (Å²) in [6, 6.07) is 10.4. The largest absolute Gasteiger partial charge is 0.370 e. The minimum Gasteiger partial charge on any atom is -0.370 e. The van der Waals surface area contributed by atoms with Crippen LogP contribution < -0.4 is 10.6 Å². The highest BCUT2D eigenvalue weighted by Crippen LogP contribution is 2.18. The predicted octanol–water partition coefficient (Wildman–Crippen LogP) is 4.52. The standard InChI is InChI=1S/C20H27N5/c1-3-4-7-11-21-19-13-15(2)24-20(25-19)22-12-10-16-14-23-18-9-6-5-8-17(16)18/h5-6,8-9,13-14,23H,3-4,7,10-12H2,1-2H3,(H2,21,22,24,25). The van der Waals surface area contributed by atoms with Crippen molar-refractivity contribution in [2.24, 2.45) is 0 Å². The summed E-state index contributed by atoms with van der Waals surface area (Å²) in [5.41, 5.74) is 3.47. The van der Waals surface area contributed by atoms with Gasteiger partial charge in [0.15, 0.2) is 0 Å². The van der Waals surface area contributed by atoms with E-state index in [0.717, 1.165) is 31.0 Å². The van der Waals surface area contributed by atoms with Crippen molar-refractivity contribution in [1.29, 1.82) is 0 Å². The normalized spacial score (nSPS) is 11.0. The first kappa shape index (κ1) is 17.3. The van der Waals surface area contributed by atoms with Crippen molar-refractivity contribution in [2.45, 2.75) is 39.5 Å². The number of anilines is 2. The van der Waals surface area contributed by atoms with Gasteiger partial charge in [0, 0.05) is 41.9 Å². The second-order valence-electron chi connectivity index (χ2n) is 6.39. The van der Waals surface area contributed by atoms with Gasteiger partial charge in [0.25, 0.3) is 0 Å². The molecular formula is C20H27N5. The molecule has 0 atom stereocenters. The number of nitrogens with one attached hydrogen (secondary N) is 3. The van der Waals surface area contributed by atoms with Crippen LogP contribution in [-0.2, 0) is 6.42 Å². The van der Waals surface area contributed by atoms with Gasteiger partial charge in [-0.3, -0.25) is 0 Å². The van der Waals surface area contributed by atoms with E-state index in [2.05, 4.69) is 63.0 Å². The first-order chi connectivity index (χ1) is 12.3. The van der Waals surface area contributed by atoms with E-state index in [1.165, 1.54) is 35.7 Å². The molecule has 5 nitrogen and oxygen atoms in total. The molecule has 0 fully saturated rings. The number of H-pyrrole nitrogens is 1. The van der Waals surface area contributed by atoms with E-state index in [4.69, 9.17) is 0 Å². The van der Waals surface area contributed by atoms with Crippen LogP contribution in [0, 0.1) is 6.92 Å². The number of unbranched alkanes of at least 4 members (excludes halogenated alkanes) is 2. The van der Waals surface area contributed by atoms with Gasteiger partial charge >= 0.3 is 0 Å². The molecule has 132 valence electrons. The maximum absolute atomic E-state index is 4.57. The van der Waals surface area contributed by atoms with Crippen LogP contribution in [0.2, 0.25) is 0 Å². The maximum atomic E-state index is 4.57. The predicted molar refractivity (Wildman–Crippen MR) is 105 cm³/mol. The van der Waals surface area contributed by atoms with Gasteiger partial charge in [-0.25, -0.2) is 4.98 Å². The smallest absolute Gasteiger partial charge is 0.224 e. The molecule has 3 N–H and O–H groups in total. The zero-order valence-corrected chi connectivity index (χ0v) is 15.1. The number of aromatic amines is 1. The Bertz CT molecular complexity index is 809. The lowest BCUT2D eigenvalue weighted by molar-refractivity contribution is 0.742.